The minimum Gasteiger partial charge on any atom is -0.494 e. The van der Waals surface area contributed by atoms with E-state index in [0.717, 1.165) is 17.0 Å². The molecule has 0 bridgehead atoms. The summed E-state index contributed by atoms with van der Waals surface area (Å²) in [6.45, 7) is 3.13. The zero-order valence-corrected chi connectivity index (χ0v) is 13.2. The van der Waals surface area contributed by atoms with Crippen LogP contribution in [0.5, 0.6) is 5.75 Å². The molecule has 0 aliphatic heterocycles. The van der Waals surface area contributed by atoms with Crippen LogP contribution in [0.25, 0.3) is 0 Å². The lowest BCUT2D eigenvalue weighted by Gasteiger charge is -2.12. The molecule has 2 aromatic carbocycles. The molecule has 2 aromatic rings. The Bertz CT molecular complexity index is 581. The van der Waals surface area contributed by atoms with Gasteiger partial charge >= 0.3 is 0 Å². The Hall–Kier alpha value is -1.09. The van der Waals surface area contributed by atoms with Gasteiger partial charge in [0.15, 0.2) is 0 Å². The molecule has 0 aliphatic rings. The van der Waals surface area contributed by atoms with Gasteiger partial charge in [-0.15, -0.1) is 0 Å². The van der Waals surface area contributed by atoms with E-state index in [-0.39, 0.29) is 0 Å². The van der Waals surface area contributed by atoms with E-state index >= 15 is 0 Å². The van der Waals surface area contributed by atoms with Crippen molar-refractivity contribution >= 4 is 40.5 Å². The monoisotopic (exact) mass is 329 g/mol. The van der Waals surface area contributed by atoms with Crippen molar-refractivity contribution in [3.8, 4) is 5.75 Å². The van der Waals surface area contributed by atoms with Crippen molar-refractivity contribution in [1.82, 2.24) is 0 Å². The van der Waals surface area contributed by atoms with Crippen LogP contribution in [0.1, 0.15) is 12.5 Å². The van der Waals surface area contributed by atoms with Crippen LogP contribution in [0, 0.1) is 0 Å². The molecule has 2 rings (SSSR count). The van der Waals surface area contributed by atoms with Crippen molar-refractivity contribution in [3.05, 3.63) is 57.0 Å². The molecule has 0 unspecified atom stereocenters. The lowest BCUT2D eigenvalue weighted by atomic mass is 10.2. The summed E-state index contributed by atoms with van der Waals surface area (Å²) in [6.07, 6.45) is 0. The van der Waals surface area contributed by atoms with E-state index in [9.17, 15) is 0 Å². The van der Waals surface area contributed by atoms with Crippen molar-refractivity contribution in [2.24, 2.45) is 0 Å². The summed E-state index contributed by atoms with van der Waals surface area (Å²) in [4.78, 5) is 0. The van der Waals surface area contributed by atoms with Crippen LogP contribution in [0.2, 0.25) is 15.1 Å². The quantitative estimate of drug-likeness (QED) is 0.764. The summed E-state index contributed by atoms with van der Waals surface area (Å²) in [5, 5.41) is 5.12. The van der Waals surface area contributed by atoms with Crippen LogP contribution in [-0.4, -0.2) is 6.61 Å². The first kappa shape index (κ1) is 15.3. The van der Waals surface area contributed by atoms with E-state index in [0.29, 0.717) is 28.2 Å². The molecule has 0 heterocycles. The predicted octanol–water partition coefficient (Wildman–Crippen LogP) is 5.66. The highest BCUT2D eigenvalue weighted by molar-refractivity contribution is 6.35. The first-order valence-corrected chi connectivity index (χ1v) is 7.33. The number of benzene rings is 2. The van der Waals surface area contributed by atoms with Crippen LogP contribution in [0.3, 0.4) is 0 Å². The molecule has 0 spiro atoms. The van der Waals surface area contributed by atoms with E-state index < -0.39 is 0 Å². The largest absolute Gasteiger partial charge is 0.494 e. The Labute approximate surface area is 133 Å². The van der Waals surface area contributed by atoms with Crippen LogP contribution < -0.4 is 10.1 Å². The number of ether oxygens (including phenoxy) is 1. The number of hydrogen-bond donors (Lipinski definition) is 1. The zero-order chi connectivity index (χ0) is 14.5. The average Bonchev–Trinajstić information content (AvgIpc) is 2.38. The Morgan fingerprint density at radius 2 is 1.65 bits per heavy atom. The minimum absolute atomic E-state index is 0.576. The summed E-state index contributed by atoms with van der Waals surface area (Å²) in [5.41, 5.74) is 1.83. The van der Waals surface area contributed by atoms with Gasteiger partial charge < -0.3 is 10.1 Å². The lowest BCUT2D eigenvalue weighted by Crippen LogP contribution is -2.03. The first-order valence-electron chi connectivity index (χ1n) is 6.19. The molecule has 0 aliphatic carbocycles. The lowest BCUT2D eigenvalue weighted by molar-refractivity contribution is 0.337. The van der Waals surface area contributed by atoms with Crippen molar-refractivity contribution < 1.29 is 4.74 Å². The second-order valence-corrected chi connectivity index (χ2v) is 5.51. The normalized spacial score (nSPS) is 10.4. The van der Waals surface area contributed by atoms with Gasteiger partial charge in [0.2, 0.25) is 0 Å². The summed E-state index contributed by atoms with van der Waals surface area (Å²) >= 11 is 18.0. The van der Waals surface area contributed by atoms with Gasteiger partial charge in [0, 0.05) is 32.9 Å². The van der Waals surface area contributed by atoms with Crippen LogP contribution >= 0.6 is 34.8 Å². The standard InChI is InChI=1S/C15H14Cl3NO/c1-2-20-15-4-3-11(16)5-10(15)9-19-14-7-12(17)6-13(18)8-14/h3-8,19H,2,9H2,1H3. The molecule has 0 fully saturated rings. The Kier molecular flexibility index (Phi) is 5.41. The topological polar surface area (TPSA) is 21.3 Å². The van der Waals surface area contributed by atoms with Crippen molar-refractivity contribution in [2.45, 2.75) is 13.5 Å². The molecular formula is C15H14Cl3NO. The average molecular weight is 331 g/mol. The van der Waals surface area contributed by atoms with E-state index in [4.69, 9.17) is 39.5 Å². The third-order valence-electron chi connectivity index (χ3n) is 2.67. The smallest absolute Gasteiger partial charge is 0.124 e. The molecule has 20 heavy (non-hydrogen) atoms. The number of nitrogens with one attached hydrogen (secondary N) is 1. The van der Waals surface area contributed by atoms with E-state index in [1.807, 2.05) is 37.3 Å². The first-order chi connectivity index (χ1) is 9.58. The summed E-state index contributed by atoms with van der Waals surface area (Å²) in [5.74, 6) is 0.817. The highest BCUT2D eigenvalue weighted by Gasteiger charge is 2.05. The third-order valence-corrected chi connectivity index (χ3v) is 3.34. The van der Waals surface area contributed by atoms with Crippen molar-refractivity contribution in [2.75, 3.05) is 11.9 Å². The molecule has 0 aromatic heterocycles. The number of halogens is 3. The van der Waals surface area contributed by atoms with Gasteiger partial charge in [0.1, 0.15) is 5.75 Å². The molecule has 0 saturated heterocycles. The molecule has 0 saturated carbocycles. The van der Waals surface area contributed by atoms with Gasteiger partial charge in [-0.3, -0.25) is 0 Å². The van der Waals surface area contributed by atoms with Gasteiger partial charge in [-0.1, -0.05) is 34.8 Å². The van der Waals surface area contributed by atoms with Gasteiger partial charge in [0.25, 0.3) is 0 Å². The van der Waals surface area contributed by atoms with Gasteiger partial charge in [-0.25, -0.2) is 0 Å². The van der Waals surface area contributed by atoms with Crippen LogP contribution in [0.4, 0.5) is 5.69 Å². The maximum atomic E-state index is 6.02. The Morgan fingerprint density at radius 1 is 0.950 bits per heavy atom. The molecule has 0 atom stereocenters. The third kappa shape index (κ3) is 4.20. The maximum Gasteiger partial charge on any atom is 0.124 e. The SMILES string of the molecule is CCOc1ccc(Cl)cc1CNc1cc(Cl)cc(Cl)c1. The zero-order valence-electron chi connectivity index (χ0n) is 10.9. The molecule has 5 heteroatoms. The summed E-state index contributed by atoms with van der Waals surface area (Å²) < 4.78 is 5.58. The van der Waals surface area contributed by atoms with Gasteiger partial charge in [0.05, 0.1) is 6.61 Å². The molecule has 106 valence electrons. The summed E-state index contributed by atoms with van der Waals surface area (Å²) in [7, 11) is 0. The number of hydrogen-bond acceptors (Lipinski definition) is 2. The molecular weight excluding hydrogens is 317 g/mol. The molecule has 2 nitrogen and oxygen atoms in total. The number of rotatable bonds is 5. The highest BCUT2D eigenvalue weighted by Crippen LogP contribution is 2.26. The second kappa shape index (κ2) is 7.07. The highest BCUT2D eigenvalue weighted by atomic mass is 35.5. The number of anilines is 1. The summed E-state index contributed by atoms with van der Waals surface area (Å²) in [6, 6.07) is 10.9. The molecule has 0 amide bonds. The fourth-order valence-corrected chi connectivity index (χ4v) is 2.56. The molecule has 1 N–H and O–H groups in total. The minimum atomic E-state index is 0.576. The van der Waals surface area contributed by atoms with E-state index in [1.54, 1.807) is 6.07 Å². The Morgan fingerprint density at radius 3 is 2.30 bits per heavy atom. The maximum absolute atomic E-state index is 6.02. The fourth-order valence-electron chi connectivity index (χ4n) is 1.84. The fraction of sp³-hybridized carbons (Fsp3) is 0.200. The van der Waals surface area contributed by atoms with Crippen molar-refractivity contribution in [3.63, 3.8) is 0 Å². The van der Waals surface area contributed by atoms with E-state index in [2.05, 4.69) is 5.32 Å². The molecule has 0 radical (unpaired) electrons. The van der Waals surface area contributed by atoms with Gasteiger partial charge in [-0.05, 0) is 43.3 Å². The van der Waals surface area contributed by atoms with Gasteiger partial charge in [-0.2, -0.15) is 0 Å². The van der Waals surface area contributed by atoms with Crippen LogP contribution in [0.15, 0.2) is 36.4 Å². The predicted molar refractivity (Wildman–Crippen MR) is 86.4 cm³/mol. The van der Waals surface area contributed by atoms with E-state index in [1.165, 1.54) is 0 Å². The van der Waals surface area contributed by atoms with Crippen LogP contribution in [-0.2, 0) is 6.54 Å². The Balaban J connectivity index is 2.15. The second-order valence-electron chi connectivity index (χ2n) is 4.20. The van der Waals surface area contributed by atoms with Crippen molar-refractivity contribution in [1.29, 1.82) is 0 Å².